The maximum Gasteiger partial charge on any atom is 0.234 e. The minimum atomic E-state index is -0.157. The van der Waals surface area contributed by atoms with Crippen LogP contribution in [-0.4, -0.2) is 28.4 Å². The summed E-state index contributed by atoms with van der Waals surface area (Å²) in [5.74, 6) is 0.0812. The zero-order valence-electron chi connectivity index (χ0n) is 12.4. The highest BCUT2D eigenvalue weighted by Gasteiger charge is 2.10. The predicted molar refractivity (Wildman–Crippen MR) is 99.1 cm³/mol. The molecule has 0 radical (unpaired) electrons. The van der Waals surface area contributed by atoms with Crippen molar-refractivity contribution in [3.8, 4) is 0 Å². The van der Waals surface area contributed by atoms with Crippen LogP contribution in [0.1, 0.15) is 19.8 Å². The van der Waals surface area contributed by atoms with E-state index in [1.54, 1.807) is 18.2 Å². The molecule has 2 aromatic rings. The van der Waals surface area contributed by atoms with E-state index in [1.807, 2.05) is 0 Å². The van der Waals surface area contributed by atoms with Crippen molar-refractivity contribution in [3.05, 3.63) is 28.2 Å². The number of benzene rings is 1. The third-order valence-corrected chi connectivity index (χ3v) is 5.31. The van der Waals surface area contributed by atoms with Gasteiger partial charge in [0.15, 0.2) is 4.34 Å². The molecule has 5 nitrogen and oxygen atoms in total. The summed E-state index contributed by atoms with van der Waals surface area (Å²) in [6.45, 7) is 3.01. The first-order chi connectivity index (χ1) is 11.1. The summed E-state index contributed by atoms with van der Waals surface area (Å²) in [5, 5.41) is 15.8. The fraction of sp³-hybridized carbons (Fsp3) is 0.357. The lowest BCUT2D eigenvalue weighted by Crippen LogP contribution is -2.14. The summed E-state index contributed by atoms with van der Waals surface area (Å²) < 4.78 is 0.751. The van der Waals surface area contributed by atoms with Gasteiger partial charge in [-0.3, -0.25) is 4.79 Å². The molecule has 0 aliphatic rings. The van der Waals surface area contributed by atoms with Crippen LogP contribution >= 0.6 is 46.3 Å². The van der Waals surface area contributed by atoms with E-state index >= 15 is 0 Å². The zero-order valence-corrected chi connectivity index (χ0v) is 15.6. The van der Waals surface area contributed by atoms with Crippen LogP contribution in [0.3, 0.4) is 0 Å². The molecule has 1 heterocycles. The van der Waals surface area contributed by atoms with E-state index in [4.69, 9.17) is 23.2 Å². The van der Waals surface area contributed by atoms with Gasteiger partial charge in [0.05, 0.1) is 16.5 Å². The highest BCUT2D eigenvalue weighted by Crippen LogP contribution is 2.27. The Morgan fingerprint density at radius 3 is 2.91 bits per heavy atom. The predicted octanol–water partition coefficient (Wildman–Crippen LogP) is 4.79. The van der Waals surface area contributed by atoms with Gasteiger partial charge in [-0.1, -0.05) is 59.6 Å². The van der Waals surface area contributed by atoms with E-state index in [1.165, 1.54) is 23.1 Å². The molecule has 1 aromatic carbocycles. The molecule has 23 heavy (non-hydrogen) atoms. The lowest BCUT2D eigenvalue weighted by atomic mass is 10.3. The molecule has 0 bridgehead atoms. The molecule has 0 aliphatic carbocycles. The number of anilines is 2. The molecular formula is C14H16Cl2N4OS2. The van der Waals surface area contributed by atoms with Gasteiger partial charge in [0, 0.05) is 11.6 Å². The van der Waals surface area contributed by atoms with E-state index in [0.29, 0.717) is 15.7 Å². The summed E-state index contributed by atoms with van der Waals surface area (Å²) in [7, 11) is 0. The Bertz CT molecular complexity index is 666. The van der Waals surface area contributed by atoms with Crippen molar-refractivity contribution >= 4 is 63.0 Å². The molecule has 0 aliphatic heterocycles. The first-order valence-corrected chi connectivity index (χ1v) is 9.59. The maximum atomic E-state index is 12.0. The van der Waals surface area contributed by atoms with Gasteiger partial charge in [0.1, 0.15) is 0 Å². The molecule has 0 saturated heterocycles. The van der Waals surface area contributed by atoms with E-state index in [2.05, 4.69) is 27.8 Å². The van der Waals surface area contributed by atoms with E-state index < -0.39 is 0 Å². The third kappa shape index (κ3) is 6.18. The van der Waals surface area contributed by atoms with Gasteiger partial charge < -0.3 is 10.6 Å². The number of halogens is 2. The molecule has 0 spiro atoms. The van der Waals surface area contributed by atoms with Gasteiger partial charge in [0.2, 0.25) is 11.0 Å². The van der Waals surface area contributed by atoms with E-state index in [0.717, 1.165) is 28.9 Å². The molecular weight excluding hydrogens is 375 g/mol. The number of hydrogen-bond acceptors (Lipinski definition) is 6. The standard InChI is InChI=1S/C14H16Cl2N4OS2/c1-2-3-6-17-13-19-20-14(23-13)22-8-12(21)18-11-5-4-9(15)7-10(11)16/h4-5,7H,2-3,6,8H2,1H3,(H,17,19)(H,18,21). The molecule has 0 fully saturated rings. The molecule has 124 valence electrons. The van der Waals surface area contributed by atoms with Crippen molar-refractivity contribution in [2.75, 3.05) is 22.9 Å². The Balaban J connectivity index is 1.80. The fourth-order valence-corrected chi connectivity index (χ4v) is 3.65. The van der Waals surface area contributed by atoms with Crippen molar-refractivity contribution < 1.29 is 4.79 Å². The van der Waals surface area contributed by atoms with Crippen LogP contribution in [0.4, 0.5) is 10.8 Å². The molecule has 1 aromatic heterocycles. The summed E-state index contributed by atoms with van der Waals surface area (Å²) in [6, 6.07) is 4.94. The number of carbonyl (C=O) groups excluding carboxylic acids is 1. The van der Waals surface area contributed by atoms with Crippen LogP contribution in [0.5, 0.6) is 0 Å². The van der Waals surface area contributed by atoms with Crippen LogP contribution in [0.2, 0.25) is 10.0 Å². The Hall–Kier alpha value is -1.02. The minimum Gasteiger partial charge on any atom is -0.360 e. The van der Waals surface area contributed by atoms with Crippen molar-refractivity contribution in [2.24, 2.45) is 0 Å². The zero-order chi connectivity index (χ0) is 16.7. The summed E-state index contributed by atoms with van der Waals surface area (Å²) in [5.41, 5.74) is 0.542. The summed E-state index contributed by atoms with van der Waals surface area (Å²) >= 11 is 14.6. The van der Waals surface area contributed by atoms with Gasteiger partial charge >= 0.3 is 0 Å². The first kappa shape index (κ1) is 18.3. The largest absolute Gasteiger partial charge is 0.360 e. The molecule has 1 amide bonds. The second kappa shape index (κ2) is 9.32. The maximum absolute atomic E-state index is 12.0. The number of hydrogen-bond donors (Lipinski definition) is 2. The van der Waals surface area contributed by atoms with Crippen LogP contribution in [0.15, 0.2) is 22.5 Å². The first-order valence-electron chi connectivity index (χ1n) is 7.03. The van der Waals surface area contributed by atoms with Crippen molar-refractivity contribution in [2.45, 2.75) is 24.1 Å². The Labute approximate surface area is 153 Å². The number of amides is 1. The third-order valence-electron chi connectivity index (χ3n) is 2.74. The molecule has 0 saturated carbocycles. The molecule has 9 heteroatoms. The lowest BCUT2D eigenvalue weighted by molar-refractivity contribution is -0.113. The molecule has 0 unspecified atom stereocenters. The van der Waals surface area contributed by atoms with Gasteiger partial charge in [0.25, 0.3) is 0 Å². The number of nitrogens with zero attached hydrogens (tertiary/aromatic N) is 2. The summed E-state index contributed by atoms with van der Waals surface area (Å²) in [4.78, 5) is 12.0. The number of unbranched alkanes of at least 4 members (excludes halogenated alkanes) is 1. The van der Waals surface area contributed by atoms with Crippen molar-refractivity contribution in [1.29, 1.82) is 0 Å². The van der Waals surface area contributed by atoms with Crippen molar-refractivity contribution in [3.63, 3.8) is 0 Å². The smallest absolute Gasteiger partial charge is 0.234 e. The Morgan fingerprint density at radius 1 is 1.35 bits per heavy atom. The highest BCUT2D eigenvalue weighted by atomic mass is 35.5. The number of rotatable bonds is 8. The van der Waals surface area contributed by atoms with Crippen LogP contribution in [0.25, 0.3) is 0 Å². The number of thioether (sulfide) groups is 1. The van der Waals surface area contributed by atoms with E-state index in [9.17, 15) is 4.79 Å². The number of carbonyl (C=O) groups is 1. The molecule has 2 rings (SSSR count). The molecule has 0 atom stereocenters. The van der Waals surface area contributed by atoms with Crippen LogP contribution < -0.4 is 10.6 Å². The second-order valence-electron chi connectivity index (χ2n) is 4.61. The van der Waals surface area contributed by atoms with Gasteiger partial charge in [-0.25, -0.2) is 0 Å². The number of nitrogens with one attached hydrogen (secondary N) is 2. The SMILES string of the molecule is CCCCNc1nnc(SCC(=O)Nc2ccc(Cl)cc2Cl)s1. The fourth-order valence-electron chi connectivity index (χ4n) is 1.62. The minimum absolute atomic E-state index is 0.157. The average Bonchev–Trinajstić information content (AvgIpc) is 2.96. The van der Waals surface area contributed by atoms with Crippen LogP contribution in [-0.2, 0) is 4.79 Å². The normalized spacial score (nSPS) is 10.6. The highest BCUT2D eigenvalue weighted by molar-refractivity contribution is 8.01. The quantitative estimate of drug-likeness (QED) is 0.500. The van der Waals surface area contributed by atoms with Gasteiger partial charge in [-0.2, -0.15) is 0 Å². The number of aromatic nitrogens is 2. The molecule has 2 N–H and O–H groups in total. The summed E-state index contributed by atoms with van der Waals surface area (Å²) in [6.07, 6.45) is 2.22. The van der Waals surface area contributed by atoms with Crippen molar-refractivity contribution in [1.82, 2.24) is 10.2 Å². The van der Waals surface area contributed by atoms with Crippen LogP contribution in [0, 0.1) is 0 Å². The second-order valence-corrected chi connectivity index (χ2v) is 7.66. The lowest BCUT2D eigenvalue weighted by Gasteiger charge is -2.06. The average molecular weight is 391 g/mol. The van der Waals surface area contributed by atoms with Gasteiger partial charge in [-0.05, 0) is 24.6 Å². The van der Waals surface area contributed by atoms with E-state index in [-0.39, 0.29) is 11.7 Å². The Morgan fingerprint density at radius 2 is 2.17 bits per heavy atom. The Kier molecular flexibility index (Phi) is 7.42. The topological polar surface area (TPSA) is 66.9 Å². The van der Waals surface area contributed by atoms with Gasteiger partial charge in [-0.15, -0.1) is 10.2 Å². The monoisotopic (exact) mass is 390 g/mol.